The highest BCUT2D eigenvalue weighted by Crippen LogP contribution is 2.05. The summed E-state index contributed by atoms with van der Waals surface area (Å²) in [6.45, 7) is 0. The van der Waals surface area contributed by atoms with Crippen molar-refractivity contribution in [2.24, 2.45) is 5.14 Å². The molecule has 2 N–H and O–H groups in total. The van der Waals surface area contributed by atoms with Crippen LogP contribution in [0.3, 0.4) is 0 Å². The van der Waals surface area contributed by atoms with Crippen LogP contribution in [0.4, 0.5) is 0 Å². The third kappa shape index (κ3) is 2.82. The van der Waals surface area contributed by atoms with Crippen LogP contribution in [-0.4, -0.2) is 26.5 Å². The van der Waals surface area contributed by atoms with Crippen LogP contribution in [0, 0.1) is 0 Å². The molecule has 0 aliphatic rings. The van der Waals surface area contributed by atoms with Gasteiger partial charge in [0, 0.05) is 0 Å². The van der Waals surface area contributed by atoms with E-state index in [4.69, 9.17) is 9.56 Å². The molecule has 1 rings (SSSR count). The molecule has 0 atom stereocenters. The zero-order chi connectivity index (χ0) is 10.8. The van der Waals surface area contributed by atoms with Gasteiger partial charge in [0.1, 0.15) is 12.0 Å². The van der Waals surface area contributed by atoms with Crippen molar-refractivity contribution in [1.29, 1.82) is 0 Å². The van der Waals surface area contributed by atoms with Crippen molar-refractivity contribution in [1.82, 2.24) is 4.98 Å². The van der Waals surface area contributed by atoms with E-state index in [-0.39, 0.29) is 11.6 Å². The lowest BCUT2D eigenvalue weighted by Gasteiger charge is -1.91. The van der Waals surface area contributed by atoms with Crippen LogP contribution in [-0.2, 0) is 20.5 Å². The fraction of sp³-hybridized carbons (Fsp3) is 0.333. The first-order valence-electron chi connectivity index (χ1n) is 3.45. The van der Waals surface area contributed by atoms with Gasteiger partial charge in [-0.2, -0.15) is 0 Å². The Morgan fingerprint density at radius 2 is 2.36 bits per heavy atom. The molecule has 7 nitrogen and oxygen atoms in total. The smallest absolute Gasteiger partial charge is 0.360 e. The molecule has 1 aromatic rings. The monoisotopic (exact) mass is 220 g/mol. The van der Waals surface area contributed by atoms with Crippen LogP contribution >= 0.6 is 0 Å². The number of aromatic nitrogens is 1. The number of carbonyl (C=O) groups is 1. The largest absolute Gasteiger partial charge is 0.464 e. The van der Waals surface area contributed by atoms with Crippen molar-refractivity contribution in [3.05, 3.63) is 17.8 Å². The molecule has 0 saturated heterocycles. The Hall–Kier alpha value is -1.41. The molecule has 0 bridgehead atoms. The number of oxazole rings is 1. The van der Waals surface area contributed by atoms with Gasteiger partial charge in [0.15, 0.2) is 5.69 Å². The summed E-state index contributed by atoms with van der Waals surface area (Å²) in [5.74, 6) is -1.40. The molecule has 0 saturated carbocycles. The van der Waals surface area contributed by atoms with Crippen LogP contribution in [0.1, 0.15) is 16.4 Å². The number of nitrogens with two attached hydrogens (primary N) is 1. The van der Waals surface area contributed by atoms with Gasteiger partial charge in [-0.25, -0.2) is 23.3 Å². The highest BCUT2D eigenvalue weighted by atomic mass is 32.2. The van der Waals surface area contributed by atoms with Crippen LogP contribution in [0.15, 0.2) is 10.7 Å². The third-order valence-electron chi connectivity index (χ3n) is 1.27. The molecule has 8 heteroatoms. The molecule has 1 aromatic heterocycles. The second kappa shape index (κ2) is 3.76. The van der Waals surface area contributed by atoms with Gasteiger partial charge in [0.2, 0.25) is 15.9 Å². The number of hydrogen-bond acceptors (Lipinski definition) is 6. The quantitative estimate of drug-likeness (QED) is 0.670. The summed E-state index contributed by atoms with van der Waals surface area (Å²) in [6, 6.07) is 0. The molecule has 0 aliphatic heterocycles. The van der Waals surface area contributed by atoms with E-state index in [1.165, 1.54) is 7.11 Å². The molecule has 0 aliphatic carbocycles. The Morgan fingerprint density at radius 1 is 1.71 bits per heavy atom. The van der Waals surface area contributed by atoms with Gasteiger partial charge < -0.3 is 9.15 Å². The Kier molecular flexibility index (Phi) is 2.87. The van der Waals surface area contributed by atoms with Crippen LogP contribution < -0.4 is 5.14 Å². The first kappa shape index (κ1) is 10.7. The summed E-state index contributed by atoms with van der Waals surface area (Å²) in [4.78, 5) is 14.4. The zero-order valence-corrected chi connectivity index (χ0v) is 8.08. The van der Waals surface area contributed by atoms with E-state index >= 15 is 0 Å². The van der Waals surface area contributed by atoms with Gasteiger partial charge in [0.05, 0.1) is 7.11 Å². The molecule has 0 aromatic carbocycles. The number of ether oxygens (including phenoxy) is 1. The average molecular weight is 220 g/mol. The lowest BCUT2D eigenvalue weighted by Crippen LogP contribution is -2.14. The number of methoxy groups -OCH3 is 1. The number of carbonyl (C=O) groups excluding carboxylic acids is 1. The van der Waals surface area contributed by atoms with Gasteiger partial charge in [-0.3, -0.25) is 0 Å². The summed E-state index contributed by atoms with van der Waals surface area (Å²) in [7, 11) is -2.53. The van der Waals surface area contributed by atoms with Crippen LogP contribution in [0.5, 0.6) is 0 Å². The van der Waals surface area contributed by atoms with E-state index in [0.29, 0.717) is 0 Å². The minimum Gasteiger partial charge on any atom is -0.464 e. The SMILES string of the molecule is COC(=O)c1coc(CS(N)(=O)=O)n1. The molecule has 0 unspecified atom stereocenters. The summed E-state index contributed by atoms with van der Waals surface area (Å²) >= 11 is 0. The minimum atomic E-state index is -3.70. The number of nitrogens with zero attached hydrogens (tertiary/aromatic N) is 1. The molecule has 0 spiro atoms. The van der Waals surface area contributed by atoms with Gasteiger partial charge in [-0.15, -0.1) is 0 Å². The predicted octanol–water partition coefficient (Wildman–Crippen LogP) is -0.750. The Labute approximate surface area is 79.9 Å². The third-order valence-corrected chi connectivity index (χ3v) is 1.92. The van der Waals surface area contributed by atoms with Crippen molar-refractivity contribution in [2.75, 3.05) is 7.11 Å². The van der Waals surface area contributed by atoms with Gasteiger partial charge in [0.25, 0.3) is 0 Å². The maximum Gasteiger partial charge on any atom is 0.360 e. The molecule has 0 fully saturated rings. The highest BCUT2D eigenvalue weighted by Gasteiger charge is 2.15. The standard InChI is InChI=1S/C6H8N2O5S/c1-12-6(9)4-2-13-5(8-4)3-14(7,10)11/h2H,3H2,1H3,(H2,7,10,11). The number of sulfonamides is 1. The van der Waals surface area contributed by atoms with E-state index in [2.05, 4.69) is 9.72 Å². The molecule has 0 radical (unpaired) electrons. The number of hydrogen-bond donors (Lipinski definition) is 1. The normalized spacial score (nSPS) is 11.3. The highest BCUT2D eigenvalue weighted by molar-refractivity contribution is 7.88. The predicted molar refractivity (Wildman–Crippen MR) is 44.7 cm³/mol. The van der Waals surface area contributed by atoms with Crippen molar-refractivity contribution >= 4 is 16.0 Å². The molecule has 1 heterocycles. The van der Waals surface area contributed by atoms with Gasteiger partial charge >= 0.3 is 5.97 Å². The second-order valence-corrected chi connectivity index (χ2v) is 4.04. The topological polar surface area (TPSA) is 112 Å². The van der Waals surface area contributed by atoms with Crippen molar-refractivity contribution in [3.63, 3.8) is 0 Å². The number of primary sulfonamides is 1. The summed E-state index contributed by atoms with van der Waals surface area (Å²) < 4.78 is 30.3. The summed E-state index contributed by atoms with van der Waals surface area (Å²) in [5.41, 5.74) is -0.0915. The van der Waals surface area contributed by atoms with Crippen LogP contribution in [0.2, 0.25) is 0 Å². The molecular weight excluding hydrogens is 212 g/mol. The number of rotatable bonds is 3. The second-order valence-electron chi connectivity index (χ2n) is 2.43. The Balaban J connectivity index is 2.84. The summed E-state index contributed by atoms with van der Waals surface area (Å²) in [5, 5.41) is 4.74. The minimum absolute atomic E-state index is 0.0915. The average Bonchev–Trinajstić information content (AvgIpc) is 2.48. The van der Waals surface area contributed by atoms with E-state index in [9.17, 15) is 13.2 Å². The van der Waals surface area contributed by atoms with E-state index in [1.807, 2.05) is 0 Å². The van der Waals surface area contributed by atoms with Crippen molar-refractivity contribution < 1.29 is 22.4 Å². The lowest BCUT2D eigenvalue weighted by atomic mass is 10.5. The fourth-order valence-corrected chi connectivity index (χ4v) is 1.22. The van der Waals surface area contributed by atoms with Crippen molar-refractivity contribution in [3.8, 4) is 0 Å². The lowest BCUT2D eigenvalue weighted by molar-refractivity contribution is 0.0594. The Bertz CT molecular complexity index is 435. The van der Waals surface area contributed by atoms with Crippen molar-refractivity contribution in [2.45, 2.75) is 5.75 Å². The van der Waals surface area contributed by atoms with E-state index in [0.717, 1.165) is 6.26 Å². The van der Waals surface area contributed by atoms with E-state index in [1.54, 1.807) is 0 Å². The first-order chi connectivity index (χ1) is 6.42. The maximum absolute atomic E-state index is 10.9. The first-order valence-corrected chi connectivity index (χ1v) is 5.17. The molecule has 78 valence electrons. The van der Waals surface area contributed by atoms with E-state index < -0.39 is 21.7 Å². The molecule has 0 amide bonds. The van der Waals surface area contributed by atoms with Gasteiger partial charge in [-0.1, -0.05) is 0 Å². The number of esters is 1. The zero-order valence-electron chi connectivity index (χ0n) is 7.26. The fourth-order valence-electron chi connectivity index (χ4n) is 0.748. The Morgan fingerprint density at radius 3 is 2.86 bits per heavy atom. The molecule has 14 heavy (non-hydrogen) atoms. The molecular formula is C6H8N2O5S. The van der Waals surface area contributed by atoms with Crippen LogP contribution in [0.25, 0.3) is 0 Å². The maximum atomic E-state index is 10.9. The van der Waals surface area contributed by atoms with Gasteiger partial charge in [-0.05, 0) is 0 Å². The summed E-state index contributed by atoms with van der Waals surface area (Å²) in [6.07, 6.45) is 1.01.